The fourth-order valence-corrected chi connectivity index (χ4v) is 4.55. The number of imide groups is 1. The van der Waals surface area contributed by atoms with E-state index < -0.39 is 0 Å². The number of nitrogens with zero attached hydrogens (tertiary/aromatic N) is 1. The molecule has 0 radical (unpaired) electrons. The van der Waals surface area contributed by atoms with E-state index in [1.807, 2.05) is 41.8 Å². The Labute approximate surface area is 197 Å². The molecule has 2 aromatic carbocycles. The van der Waals surface area contributed by atoms with Crippen molar-refractivity contribution in [2.24, 2.45) is 0 Å². The van der Waals surface area contributed by atoms with E-state index in [9.17, 15) is 9.59 Å². The second kappa shape index (κ2) is 9.92. The quantitative estimate of drug-likeness (QED) is 0.425. The number of nitrogens with one attached hydrogen (secondary N) is 1. The third kappa shape index (κ3) is 4.50. The zero-order chi connectivity index (χ0) is 23.4. The van der Waals surface area contributed by atoms with E-state index >= 15 is 0 Å². The second-order valence-corrected chi connectivity index (χ2v) is 8.59. The number of aryl methyl sites for hydroxylation is 1. The van der Waals surface area contributed by atoms with Crippen molar-refractivity contribution in [1.29, 1.82) is 0 Å². The molecule has 1 N–H and O–H groups in total. The Bertz CT molecular complexity index is 1180. The predicted octanol–water partition coefficient (Wildman–Crippen LogP) is 5.50. The molecule has 1 aromatic heterocycles. The lowest BCUT2D eigenvalue weighted by Crippen LogP contribution is -2.32. The van der Waals surface area contributed by atoms with Crippen LogP contribution < -0.4 is 19.7 Å². The molecule has 1 aliphatic heterocycles. The van der Waals surface area contributed by atoms with Gasteiger partial charge in [-0.2, -0.15) is 0 Å². The molecule has 1 aliphatic rings. The first-order chi connectivity index (χ1) is 16.1. The second-order valence-electron chi connectivity index (χ2n) is 7.64. The Morgan fingerprint density at radius 2 is 1.70 bits per heavy atom. The Morgan fingerprint density at radius 1 is 0.939 bits per heavy atom. The Morgan fingerprint density at radius 3 is 2.33 bits per heavy atom. The molecule has 0 saturated carbocycles. The molecule has 3 aromatic rings. The molecular formula is C26H26N2O4S. The van der Waals surface area contributed by atoms with Crippen molar-refractivity contribution in [2.45, 2.75) is 26.2 Å². The van der Waals surface area contributed by atoms with E-state index in [1.165, 1.54) is 21.8 Å². The number of carbonyl (C=O) groups is 2. The predicted molar refractivity (Wildman–Crippen MR) is 132 cm³/mol. The molecule has 4 rings (SSSR count). The molecule has 0 atom stereocenters. The molecule has 0 fully saturated rings. The summed E-state index contributed by atoms with van der Waals surface area (Å²) in [6, 6.07) is 16.6. The first kappa shape index (κ1) is 22.6. The van der Waals surface area contributed by atoms with Gasteiger partial charge in [0.1, 0.15) is 5.70 Å². The van der Waals surface area contributed by atoms with Crippen LogP contribution in [0.5, 0.6) is 11.5 Å². The van der Waals surface area contributed by atoms with Crippen LogP contribution in [0, 0.1) is 0 Å². The fraction of sp³-hybridized carbons (Fsp3) is 0.231. The summed E-state index contributed by atoms with van der Waals surface area (Å²) in [5, 5.41) is 5.05. The Balaban J connectivity index is 1.69. The van der Waals surface area contributed by atoms with E-state index in [0.717, 1.165) is 24.1 Å². The van der Waals surface area contributed by atoms with Crippen LogP contribution in [0.2, 0.25) is 0 Å². The van der Waals surface area contributed by atoms with Crippen LogP contribution >= 0.6 is 11.3 Å². The van der Waals surface area contributed by atoms with Gasteiger partial charge in [-0.3, -0.25) is 9.59 Å². The topological polar surface area (TPSA) is 67.9 Å². The van der Waals surface area contributed by atoms with Gasteiger partial charge in [-0.1, -0.05) is 31.5 Å². The lowest BCUT2D eigenvalue weighted by molar-refractivity contribution is -0.120. The molecule has 2 amide bonds. The molecule has 0 unspecified atom stereocenters. The maximum atomic E-state index is 13.5. The minimum atomic E-state index is -0.389. The van der Waals surface area contributed by atoms with Crippen LogP contribution in [0.1, 0.15) is 30.2 Å². The van der Waals surface area contributed by atoms with Crippen LogP contribution in [0.15, 0.2) is 65.7 Å². The summed E-state index contributed by atoms with van der Waals surface area (Å²) >= 11 is 1.42. The molecule has 0 spiro atoms. The highest BCUT2D eigenvalue weighted by Crippen LogP contribution is 2.37. The van der Waals surface area contributed by atoms with Crippen molar-refractivity contribution in [3.63, 3.8) is 0 Å². The number of thiophene rings is 1. The summed E-state index contributed by atoms with van der Waals surface area (Å²) in [6.07, 6.45) is 3.19. The van der Waals surface area contributed by atoms with Gasteiger partial charge in [0.15, 0.2) is 11.5 Å². The maximum absolute atomic E-state index is 13.5. The maximum Gasteiger partial charge on any atom is 0.282 e. The molecular weight excluding hydrogens is 436 g/mol. The van der Waals surface area contributed by atoms with Gasteiger partial charge in [0.2, 0.25) is 0 Å². The van der Waals surface area contributed by atoms with Crippen LogP contribution in [-0.2, 0) is 16.0 Å². The molecule has 170 valence electrons. The normalized spacial score (nSPS) is 13.6. The van der Waals surface area contributed by atoms with E-state index in [2.05, 4.69) is 12.2 Å². The van der Waals surface area contributed by atoms with Crippen LogP contribution in [0.25, 0.3) is 5.57 Å². The molecule has 6 nitrogen and oxygen atoms in total. The number of methoxy groups -OCH3 is 2. The lowest BCUT2D eigenvalue weighted by Gasteiger charge is -2.16. The standard InChI is InChI=1S/C26H26N2O4S/c1-4-5-7-17-9-12-19(13-10-17)28-25(29)23(22-8-6-15-33-22)24(26(28)30)27-18-11-14-20(31-2)21(16-18)32-3/h6,8-16,27H,4-5,7H2,1-3H3. The highest BCUT2D eigenvalue weighted by atomic mass is 32.1. The van der Waals surface area contributed by atoms with Gasteiger partial charge >= 0.3 is 0 Å². The average molecular weight is 463 g/mol. The van der Waals surface area contributed by atoms with Gasteiger partial charge in [-0.25, -0.2) is 4.90 Å². The SMILES string of the molecule is CCCCc1ccc(N2C(=O)C(Nc3ccc(OC)c(OC)c3)=C(c3cccs3)C2=O)cc1. The van der Waals surface area contributed by atoms with E-state index in [1.54, 1.807) is 32.4 Å². The molecule has 7 heteroatoms. The smallest absolute Gasteiger partial charge is 0.282 e. The monoisotopic (exact) mass is 462 g/mol. The van der Waals surface area contributed by atoms with E-state index in [0.29, 0.717) is 28.4 Å². The summed E-state index contributed by atoms with van der Waals surface area (Å²) < 4.78 is 10.7. The van der Waals surface area contributed by atoms with Gasteiger partial charge in [0.25, 0.3) is 11.8 Å². The van der Waals surface area contributed by atoms with Crippen molar-refractivity contribution in [1.82, 2.24) is 0 Å². The van der Waals surface area contributed by atoms with Crippen molar-refractivity contribution in [3.8, 4) is 11.5 Å². The van der Waals surface area contributed by atoms with E-state index in [-0.39, 0.29) is 17.5 Å². The van der Waals surface area contributed by atoms with Crippen molar-refractivity contribution in [3.05, 3.63) is 76.1 Å². The number of ether oxygens (including phenoxy) is 2. The molecule has 0 aliphatic carbocycles. The highest BCUT2D eigenvalue weighted by molar-refractivity contribution is 7.11. The number of rotatable bonds is 9. The van der Waals surface area contributed by atoms with Gasteiger partial charge in [-0.05, 0) is 54.1 Å². The van der Waals surface area contributed by atoms with Gasteiger partial charge in [0.05, 0.1) is 25.5 Å². The number of hydrogen-bond donors (Lipinski definition) is 1. The third-order valence-electron chi connectivity index (χ3n) is 5.52. The number of anilines is 2. The van der Waals surface area contributed by atoms with Crippen LogP contribution in [0.4, 0.5) is 11.4 Å². The number of unbranched alkanes of at least 4 members (excludes halogenated alkanes) is 1. The van der Waals surface area contributed by atoms with Crippen molar-refractivity contribution < 1.29 is 19.1 Å². The van der Waals surface area contributed by atoms with Crippen LogP contribution in [0.3, 0.4) is 0 Å². The molecule has 33 heavy (non-hydrogen) atoms. The van der Waals surface area contributed by atoms with Gasteiger partial charge in [-0.15, -0.1) is 11.3 Å². The number of carbonyl (C=O) groups excluding carboxylic acids is 2. The number of amides is 2. The minimum Gasteiger partial charge on any atom is -0.493 e. The minimum absolute atomic E-state index is 0.240. The zero-order valence-electron chi connectivity index (χ0n) is 18.9. The molecule has 0 saturated heterocycles. The first-order valence-corrected chi connectivity index (χ1v) is 11.7. The van der Waals surface area contributed by atoms with E-state index in [4.69, 9.17) is 9.47 Å². The van der Waals surface area contributed by atoms with Crippen molar-refractivity contribution >= 4 is 40.1 Å². The van der Waals surface area contributed by atoms with Crippen molar-refractivity contribution in [2.75, 3.05) is 24.4 Å². The lowest BCUT2D eigenvalue weighted by atomic mass is 10.1. The van der Waals surface area contributed by atoms with Crippen LogP contribution in [-0.4, -0.2) is 26.0 Å². The fourth-order valence-electron chi connectivity index (χ4n) is 3.78. The summed E-state index contributed by atoms with van der Waals surface area (Å²) in [5.74, 6) is 0.373. The average Bonchev–Trinajstić information content (AvgIpc) is 3.44. The third-order valence-corrected chi connectivity index (χ3v) is 6.41. The summed E-state index contributed by atoms with van der Waals surface area (Å²) in [4.78, 5) is 28.9. The number of hydrogen-bond acceptors (Lipinski definition) is 6. The molecule has 2 heterocycles. The zero-order valence-corrected chi connectivity index (χ0v) is 19.7. The first-order valence-electron chi connectivity index (χ1n) is 10.8. The van der Waals surface area contributed by atoms with Gasteiger partial charge in [0, 0.05) is 16.6 Å². The summed E-state index contributed by atoms with van der Waals surface area (Å²) in [7, 11) is 3.11. The summed E-state index contributed by atoms with van der Waals surface area (Å²) in [6.45, 7) is 2.15. The number of benzene rings is 2. The Hall–Kier alpha value is -3.58. The van der Waals surface area contributed by atoms with Gasteiger partial charge < -0.3 is 14.8 Å². The highest BCUT2D eigenvalue weighted by Gasteiger charge is 2.40. The molecule has 0 bridgehead atoms. The largest absolute Gasteiger partial charge is 0.493 e. The summed E-state index contributed by atoms with van der Waals surface area (Å²) in [5.41, 5.74) is 2.97. The Kier molecular flexibility index (Phi) is 6.79.